The Kier molecular flexibility index (Phi) is 9.48. The lowest BCUT2D eigenvalue weighted by atomic mass is 9.73. The van der Waals surface area contributed by atoms with Crippen LogP contribution in [0.25, 0.3) is 0 Å². The predicted molar refractivity (Wildman–Crippen MR) is 92.9 cm³/mol. The van der Waals surface area contributed by atoms with Crippen LogP contribution >= 0.6 is 0 Å². The Morgan fingerprint density at radius 1 is 0.870 bits per heavy atom. The van der Waals surface area contributed by atoms with Crippen LogP contribution in [0.15, 0.2) is 0 Å². The van der Waals surface area contributed by atoms with Crippen LogP contribution in [0.2, 0.25) is 0 Å². The van der Waals surface area contributed by atoms with Crippen molar-refractivity contribution in [3.05, 3.63) is 0 Å². The van der Waals surface area contributed by atoms with Gasteiger partial charge in [-0.3, -0.25) is 9.59 Å². The average Bonchev–Trinajstić information content (AvgIpc) is 2.41. The van der Waals surface area contributed by atoms with E-state index in [4.69, 9.17) is 9.47 Å². The number of rotatable bonds is 10. The SMILES string of the molecule is CC(C)COC(=O)CC(CC(C)(C)C(C)C)C(=O)OCC(C)C. The molecule has 0 aliphatic heterocycles. The molecule has 0 aromatic rings. The van der Waals surface area contributed by atoms with Crippen LogP contribution in [0, 0.1) is 29.1 Å². The topological polar surface area (TPSA) is 52.6 Å². The van der Waals surface area contributed by atoms with Crippen molar-refractivity contribution in [3.8, 4) is 0 Å². The summed E-state index contributed by atoms with van der Waals surface area (Å²) < 4.78 is 10.6. The summed E-state index contributed by atoms with van der Waals surface area (Å²) in [5.74, 6) is -0.0536. The smallest absolute Gasteiger partial charge is 0.309 e. The van der Waals surface area contributed by atoms with Gasteiger partial charge in [0.1, 0.15) is 0 Å². The van der Waals surface area contributed by atoms with Crippen molar-refractivity contribution >= 4 is 11.9 Å². The van der Waals surface area contributed by atoms with Crippen molar-refractivity contribution in [2.45, 2.75) is 68.2 Å². The van der Waals surface area contributed by atoms with Gasteiger partial charge >= 0.3 is 11.9 Å². The number of carbonyl (C=O) groups is 2. The lowest BCUT2D eigenvalue weighted by Crippen LogP contribution is -2.31. The van der Waals surface area contributed by atoms with Crippen LogP contribution in [-0.2, 0) is 19.1 Å². The highest BCUT2D eigenvalue weighted by Gasteiger charge is 2.33. The fourth-order valence-corrected chi connectivity index (χ4v) is 2.00. The van der Waals surface area contributed by atoms with Crippen molar-refractivity contribution < 1.29 is 19.1 Å². The molecule has 0 aromatic heterocycles. The number of carbonyl (C=O) groups excluding carboxylic acids is 2. The van der Waals surface area contributed by atoms with Gasteiger partial charge in [0.05, 0.1) is 25.6 Å². The highest BCUT2D eigenvalue weighted by Crippen LogP contribution is 2.35. The maximum Gasteiger partial charge on any atom is 0.309 e. The summed E-state index contributed by atoms with van der Waals surface area (Å²) in [5, 5.41) is 0. The third-order valence-electron chi connectivity index (χ3n) is 4.22. The van der Waals surface area contributed by atoms with Gasteiger partial charge in [-0.25, -0.2) is 0 Å². The van der Waals surface area contributed by atoms with Gasteiger partial charge in [0.25, 0.3) is 0 Å². The van der Waals surface area contributed by atoms with Crippen LogP contribution in [0.4, 0.5) is 0 Å². The normalized spacial score (nSPS) is 13.5. The molecule has 0 saturated heterocycles. The Morgan fingerprint density at radius 2 is 1.35 bits per heavy atom. The van der Waals surface area contributed by atoms with Crippen molar-refractivity contribution in [2.75, 3.05) is 13.2 Å². The number of hydrogen-bond donors (Lipinski definition) is 0. The van der Waals surface area contributed by atoms with Gasteiger partial charge in [-0.05, 0) is 29.6 Å². The highest BCUT2D eigenvalue weighted by molar-refractivity contribution is 5.80. The molecular formula is C19H36O4. The van der Waals surface area contributed by atoms with Crippen LogP contribution in [0.5, 0.6) is 0 Å². The molecule has 0 N–H and O–H groups in total. The zero-order chi connectivity index (χ0) is 18.2. The summed E-state index contributed by atoms with van der Waals surface area (Å²) >= 11 is 0. The molecule has 0 amide bonds. The van der Waals surface area contributed by atoms with E-state index in [-0.39, 0.29) is 35.6 Å². The molecule has 0 aliphatic rings. The van der Waals surface area contributed by atoms with Crippen LogP contribution in [0.1, 0.15) is 68.2 Å². The molecule has 0 heterocycles. The molecule has 0 aromatic carbocycles. The molecule has 0 bridgehead atoms. The number of esters is 2. The van der Waals surface area contributed by atoms with Gasteiger partial charge in [-0.1, -0.05) is 55.4 Å². The summed E-state index contributed by atoms with van der Waals surface area (Å²) in [6.45, 7) is 17.3. The summed E-state index contributed by atoms with van der Waals surface area (Å²) in [6, 6.07) is 0. The fraction of sp³-hybridized carbons (Fsp3) is 0.895. The van der Waals surface area contributed by atoms with Crippen LogP contribution < -0.4 is 0 Å². The van der Waals surface area contributed by atoms with E-state index in [1.165, 1.54) is 0 Å². The first-order valence-electron chi connectivity index (χ1n) is 8.78. The standard InChI is InChI=1S/C19H36O4/c1-13(2)11-22-17(20)9-16(10-19(7,8)15(5)6)18(21)23-12-14(3)4/h13-16H,9-12H2,1-8H3. The van der Waals surface area contributed by atoms with E-state index >= 15 is 0 Å². The molecule has 4 heteroatoms. The van der Waals surface area contributed by atoms with Gasteiger partial charge in [-0.15, -0.1) is 0 Å². The molecule has 0 aliphatic carbocycles. The van der Waals surface area contributed by atoms with Gasteiger partial charge in [-0.2, -0.15) is 0 Å². The fourth-order valence-electron chi connectivity index (χ4n) is 2.00. The van der Waals surface area contributed by atoms with Gasteiger partial charge in [0.15, 0.2) is 0 Å². The van der Waals surface area contributed by atoms with E-state index in [1.807, 2.05) is 27.7 Å². The molecule has 0 saturated carbocycles. The summed E-state index contributed by atoms with van der Waals surface area (Å²) in [4.78, 5) is 24.4. The Balaban J connectivity index is 4.85. The monoisotopic (exact) mass is 328 g/mol. The Hall–Kier alpha value is -1.06. The molecular weight excluding hydrogens is 292 g/mol. The first kappa shape index (κ1) is 21.9. The lowest BCUT2D eigenvalue weighted by Gasteiger charge is -2.32. The Bertz CT molecular complexity index is 370. The minimum absolute atomic E-state index is 0.0418. The first-order chi connectivity index (χ1) is 10.5. The maximum atomic E-state index is 12.4. The summed E-state index contributed by atoms with van der Waals surface area (Å²) in [7, 11) is 0. The van der Waals surface area contributed by atoms with Crippen LogP contribution in [0.3, 0.4) is 0 Å². The minimum atomic E-state index is -0.439. The van der Waals surface area contributed by atoms with Crippen molar-refractivity contribution in [1.82, 2.24) is 0 Å². The first-order valence-corrected chi connectivity index (χ1v) is 8.78. The third kappa shape index (κ3) is 9.62. The quantitative estimate of drug-likeness (QED) is 0.555. The second-order valence-electron chi connectivity index (χ2n) is 8.35. The van der Waals surface area contributed by atoms with E-state index in [0.29, 0.717) is 25.6 Å². The maximum absolute atomic E-state index is 12.4. The molecule has 136 valence electrons. The van der Waals surface area contributed by atoms with E-state index in [0.717, 1.165) is 0 Å². The molecule has 0 fully saturated rings. The molecule has 0 spiro atoms. The Labute approximate surface area is 142 Å². The third-order valence-corrected chi connectivity index (χ3v) is 4.22. The molecule has 1 atom stereocenters. The summed E-state index contributed by atoms with van der Waals surface area (Å²) in [5.41, 5.74) is -0.0418. The molecule has 0 rings (SSSR count). The predicted octanol–water partition coefficient (Wildman–Crippen LogP) is 4.46. The number of hydrogen-bond acceptors (Lipinski definition) is 4. The largest absolute Gasteiger partial charge is 0.465 e. The van der Waals surface area contributed by atoms with E-state index in [2.05, 4.69) is 27.7 Å². The molecule has 1 unspecified atom stereocenters. The van der Waals surface area contributed by atoms with E-state index in [9.17, 15) is 9.59 Å². The van der Waals surface area contributed by atoms with Crippen LogP contribution in [-0.4, -0.2) is 25.2 Å². The average molecular weight is 328 g/mol. The van der Waals surface area contributed by atoms with Gasteiger partial charge < -0.3 is 9.47 Å². The van der Waals surface area contributed by atoms with Gasteiger partial charge in [0, 0.05) is 0 Å². The zero-order valence-electron chi connectivity index (χ0n) is 16.3. The Morgan fingerprint density at radius 3 is 1.78 bits per heavy atom. The molecule has 0 radical (unpaired) electrons. The van der Waals surface area contributed by atoms with Crippen molar-refractivity contribution in [1.29, 1.82) is 0 Å². The van der Waals surface area contributed by atoms with E-state index in [1.54, 1.807) is 0 Å². The molecule has 4 nitrogen and oxygen atoms in total. The van der Waals surface area contributed by atoms with E-state index < -0.39 is 5.92 Å². The van der Waals surface area contributed by atoms with Crippen molar-refractivity contribution in [2.24, 2.45) is 29.1 Å². The van der Waals surface area contributed by atoms with Crippen molar-refractivity contribution in [3.63, 3.8) is 0 Å². The minimum Gasteiger partial charge on any atom is -0.465 e. The highest BCUT2D eigenvalue weighted by atomic mass is 16.5. The molecule has 23 heavy (non-hydrogen) atoms. The second-order valence-corrected chi connectivity index (χ2v) is 8.35. The van der Waals surface area contributed by atoms with Gasteiger partial charge in [0.2, 0.25) is 0 Å². The second kappa shape index (κ2) is 9.94. The number of ether oxygens (including phenoxy) is 2. The summed E-state index contributed by atoms with van der Waals surface area (Å²) in [6.07, 6.45) is 0.720. The zero-order valence-corrected chi connectivity index (χ0v) is 16.3. The lowest BCUT2D eigenvalue weighted by molar-refractivity contribution is -0.157.